The molecule has 0 radical (unpaired) electrons. The third kappa shape index (κ3) is 13.6. The summed E-state index contributed by atoms with van der Waals surface area (Å²) in [4.78, 5) is 12.3. The Kier molecular flexibility index (Phi) is 11.4. The van der Waals surface area contributed by atoms with Crippen molar-refractivity contribution in [2.24, 2.45) is 0 Å². The van der Waals surface area contributed by atoms with Crippen LogP contribution in [0.4, 0.5) is 0 Å². The topological polar surface area (TPSA) is 20.3 Å². The molecule has 0 spiro atoms. The number of hydrogen-bond donors (Lipinski definition) is 0. The second-order valence-corrected chi connectivity index (χ2v) is 4.59. The molecule has 2 nitrogen and oxygen atoms in total. The Bertz CT molecular complexity index is 134. The number of carbonyl (C=O) groups is 1. The number of unbranched alkanes of at least 4 members (excludes halogenated alkanes) is 8. The molecule has 0 aromatic rings. The molecule has 0 fully saturated rings. The molecular weight excluding hydrogens is 186 g/mol. The third-order valence-corrected chi connectivity index (χ3v) is 2.68. The van der Waals surface area contributed by atoms with E-state index in [0.717, 1.165) is 19.1 Å². The molecule has 0 aromatic heterocycles. The minimum atomic E-state index is 0.753. The lowest BCUT2D eigenvalue weighted by molar-refractivity contribution is -0.107. The van der Waals surface area contributed by atoms with E-state index in [1.807, 2.05) is 0 Å². The normalized spacial score (nSPS) is 10.9. The van der Waals surface area contributed by atoms with Crippen LogP contribution in [0.15, 0.2) is 0 Å². The maximum Gasteiger partial charge on any atom is 0.119 e. The molecule has 0 atom stereocenters. The van der Waals surface area contributed by atoms with E-state index in [-0.39, 0.29) is 0 Å². The van der Waals surface area contributed by atoms with Crippen LogP contribution in [-0.2, 0) is 4.79 Å². The molecule has 0 saturated carbocycles. The van der Waals surface area contributed by atoms with Gasteiger partial charge in [-0.05, 0) is 33.5 Å². The Labute approximate surface area is 95.0 Å². The molecule has 0 aliphatic rings. The van der Waals surface area contributed by atoms with Gasteiger partial charge in [-0.2, -0.15) is 0 Å². The summed E-state index contributed by atoms with van der Waals surface area (Å²) in [5.41, 5.74) is 0. The van der Waals surface area contributed by atoms with Gasteiger partial charge in [0.05, 0.1) is 0 Å². The monoisotopic (exact) mass is 213 g/mol. The maximum atomic E-state index is 10.1. The average molecular weight is 213 g/mol. The van der Waals surface area contributed by atoms with Crippen molar-refractivity contribution in [2.45, 2.75) is 57.8 Å². The maximum absolute atomic E-state index is 10.1. The highest BCUT2D eigenvalue weighted by atomic mass is 16.1. The first-order chi connectivity index (χ1) is 7.27. The Hall–Kier alpha value is -0.370. The summed E-state index contributed by atoms with van der Waals surface area (Å²) in [6, 6.07) is 0. The standard InChI is InChI=1S/C13H27NO/c1-14(2)12-10-8-6-4-3-5-7-9-11-13-15/h13H,3-12H2,1-2H3. The van der Waals surface area contributed by atoms with Gasteiger partial charge in [-0.3, -0.25) is 0 Å². The van der Waals surface area contributed by atoms with Crippen LogP contribution < -0.4 is 0 Å². The Morgan fingerprint density at radius 1 is 0.800 bits per heavy atom. The molecule has 0 rings (SSSR count). The summed E-state index contributed by atoms with van der Waals surface area (Å²) in [6.07, 6.45) is 12.2. The number of rotatable bonds is 11. The predicted octanol–water partition coefficient (Wildman–Crippen LogP) is 3.26. The van der Waals surface area contributed by atoms with Crippen LogP contribution in [0, 0.1) is 0 Å². The van der Waals surface area contributed by atoms with Crippen molar-refractivity contribution >= 4 is 6.29 Å². The Morgan fingerprint density at radius 2 is 1.27 bits per heavy atom. The Balaban J connectivity index is 2.89. The van der Waals surface area contributed by atoms with Gasteiger partial charge in [0.15, 0.2) is 0 Å². The van der Waals surface area contributed by atoms with Gasteiger partial charge in [-0.1, -0.05) is 38.5 Å². The van der Waals surface area contributed by atoms with E-state index >= 15 is 0 Å². The van der Waals surface area contributed by atoms with E-state index < -0.39 is 0 Å². The fourth-order valence-corrected chi connectivity index (χ4v) is 1.72. The van der Waals surface area contributed by atoms with E-state index in [4.69, 9.17) is 0 Å². The van der Waals surface area contributed by atoms with Crippen molar-refractivity contribution in [3.8, 4) is 0 Å². The van der Waals surface area contributed by atoms with Crippen molar-refractivity contribution in [3.05, 3.63) is 0 Å². The SMILES string of the molecule is CN(C)CCCCCCCCCCC=O. The van der Waals surface area contributed by atoms with Gasteiger partial charge in [-0.25, -0.2) is 0 Å². The molecule has 0 aliphatic carbocycles. The first kappa shape index (κ1) is 14.6. The van der Waals surface area contributed by atoms with Crippen LogP contribution in [0.5, 0.6) is 0 Å². The summed E-state index contributed by atoms with van der Waals surface area (Å²) in [7, 11) is 4.26. The van der Waals surface area contributed by atoms with E-state index in [1.54, 1.807) is 0 Å². The van der Waals surface area contributed by atoms with Crippen molar-refractivity contribution in [3.63, 3.8) is 0 Å². The summed E-state index contributed by atoms with van der Waals surface area (Å²) in [6.45, 7) is 1.22. The first-order valence-corrected chi connectivity index (χ1v) is 6.35. The molecule has 0 bridgehead atoms. The molecule has 0 saturated heterocycles. The molecule has 0 unspecified atom stereocenters. The second kappa shape index (κ2) is 11.7. The zero-order valence-corrected chi connectivity index (χ0v) is 10.5. The molecular formula is C13H27NO. The summed E-state index contributed by atoms with van der Waals surface area (Å²) >= 11 is 0. The highest BCUT2D eigenvalue weighted by molar-refractivity contribution is 5.48. The molecule has 0 aromatic carbocycles. The highest BCUT2D eigenvalue weighted by Crippen LogP contribution is 2.09. The minimum Gasteiger partial charge on any atom is -0.309 e. The van der Waals surface area contributed by atoms with E-state index in [0.29, 0.717) is 0 Å². The van der Waals surface area contributed by atoms with Crippen molar-refractivity contribution in [2.75, 3.05) is 20.6 Å². The number of aldehydes is 1. The van der Waals surface area contributed by atoms with Gasteiger partial charge >= 0.3 is 0 Å². The number of nitrogens with zero attached hydrogens (tertiary/aromatic N) is 1. The zero-order valence-electron chi connectivity index (χ0n) is 10.5. The largest absolute Gasteiger partial charge is 0.309 e. The summed E-state index contributed by atoms with van der Waals surface area (Å²) in [5, 5.41) is 0. The van der Waals surface area contributed by atoms with Crippen LogP contribution in [0.3, 0.4) is 0 Å². The quantitative estimate of drug-likeness (QED) is 0.388. The van der Waals surface area contributed by atoms with Gasteiger partial charge in [-0.15, -0.1) is 0 Å². The van der Waals surface area contributed by atoms with Crippen molar-refractivity contribution < 1.29 is 4.79 Å². The molecule has 15 heavy (non-hydrogen) atoms. The summed E-state index contributed by atoms with van der Waals surface area (Å²) in [5.74, 6) is 0. The fraction of sp³-hybridized carbons (Fsp3) is 0.923. The summed E-state index contributed by atoms with van der Waals surface area (Å²) < 4.78 is 0. The van der Waals surface area contributed by atoms with Crippen LogP contribution in [0.2, 0.25) is 0 Å². The third-order valence-electron chi connectivity index (χ3n) is 2.68. The van der Waals surface area contributed by atoms with E-state index in [2.05, 4.69) is 19.0 Å². The van der Waals surface area contributed by atoms with Gasteiger partial charge in [0.25, 0.3) is 0 Å². The van der Waals surface area contributed by atoms with Gasteiger partial charge < -0.3 is 9.69 Å². The molecule has 90 valence electrons. The van der Waals surface area contributed by atoms with Crippen molar-refractivity contribution in [1.82, 2.24) is 4.90 Å². The Morgan fingerprint density at radius 3 is 1.73 bits per heavy atom. The van der Waals surface area contributed by atoms with E-state index in [9.17, 15) is 4.79 Å². The highest BCUT2D eigenvalue weighted by Gasteiger charge is 1.93. The van der Waals surface area contributed by atoms with Gasteiger partial charge in [0, 0.05) is 6.42 Å². The first-order valence-electron chi connectivity index (χ1n) is 6.35. The van der Waals surface area contributed by atoms with Crippen LogP contribution in [0.25, 0.3) is 0 Å². The zero-order chi connectivity index (χ0) is 11.4. The lowest BCUT2D eigenvalue weighted by Crippen LogP contribution is -2.12. The predicted molar refractivity (Wildman–Crippen MR) is 66.2 cm³/mol. The molecule has 0 aliphatic heterocycles. The smallest absolute Gasteiger partial charge is 0.119 e. The molecule has 0 amide bonds. The average Bonchev–Trinajstić information content (AvgIpc) is 2.20. The van der Waals surface area contributed by atoms with Crippen LogP contribution in [0.1, 0.15) is 57.8 Å². The molecule has 0 N–H and O–H groups in total. The van der Waals surface area contributed by atoms with E-state index in [1.165, 1.54) is 51.5 Å². The number of hydrogen-bond acceptors (Lipinski definition) is 2. The lowest BCUT2D eigenvalue weighted by Gasteiger charge is -2.08. The van der Waals surface area contributed by atoms with Crippen LogP contribution in [-0.4, -0.2) is 31.8 Å². The second-order valence-electron chi connectivity index (χ2n) is 4.59. The van der Waals surface area contributed by atoms with Crippen LogP contribution >= 0.6 is 0 Å². The molecule has 2 heteroatoms. The lowest BCUT2D eigenvalue weighted by atomic mass is 10.1. The van der Waals surface area contributed by atoms with Gasteiger partial charge in [0.1, 0.15) is 6.29 Å². The minimum absolute atomic E-state index is 0.753. The molecule has 0 heterocycles. The van der Waals surface area contributed by atoms with Gasteiger partial charge in [0.2, 0.25) is 0 Å². The number of carbonyl (C=O) groups excluding carboxylic acids is 1. The van der Waals surface area contributed by atoms with Crippen molar-refractivity contribution in [1.29, 1.82) is 0 Å². The fourth-order valence-electron chi connectivity index (χ4n) is 1.72.